The van der Waals surface area contributed by atoms with Crippen molar-refractivity contribution < 1.29 is 0 Å². The van der Waals surface area contributed by atoms with Crippen molar-refractivity contribution in [1.29, 1.82) is 0 Å². The Kier molecular flexibility index (Phi) is 4.03. The van der Waals surface area contributed by atoms with Crippen LogP contribution in [-0.2, 0) is 0 Å². The zero-order valence-electron chi connectivity index (χ0n) is 7.05. The molecule has 0 aromatic heterocycles. The van der Waals surface area contributed by atoms with Crippen LogP contribution in [0.2, 0.25) is 0 Å². The summed E-state index contributed by atoms with van der Waals surface area (Å²) in [6.45, 7) is 0. The summed E-state index contributed by atoms with van der Waals surface area (Å²) in [6, 6.07) is 0.240. The lowest BCUT2D eigenvalue weighted by Gasteiger charge is -2.05. The molecule has 0 fully saturated rings. The Hall–Kier alpha value is -0.520. The molecule has 0 bridgehead atoms. The van der Waals surface area contributed by atoms with Gasteiger partial charge in [-0.3, -0.25) is 0 Å². The molecule has 1 atom stereocenters. The van der Waals surface area contributed by atoms with Crippen molar-refractivity contribution in [2.75, 3.05) is 0 Å². The maximum Gasteiger partial charge on any atom is 0.0299 e. The van der Waals surface area contributed by atoms with Crippen LogP contribution in [-0.4, -0.2) is 6.04 Å². The normalized spacial score (nSPS) is 26.8. The molecule has 1 aliphatic carbocycles. The lowest BCUT2D eigenvalue weighted by atomic mass is 10.1. The molecule has 0 heterocycles. The van der Waals surface area contributed by atoms with Gasteiger partial charge in [0.2, 0.25) is 0 Å². The van der Waals surface area contributed by atoms with Gasteiger partial charge in [-0.15, -0.1) is 5.73 Å². The summed E-state index contributed by atoms with van der Waals surface area (Å²) in [6.07, 6.45) is 11.7. The molecule has 62 valence electrons. The van der Waals surface area contributed by atoms with Crippen molar-refractivity contribution in [3.05, 3.63) is 17.9 Å². The second kappa shape index (κ2) is 5.17. The largest absolute Gasteiger partial charge is 0.324 e. The number of rotatable bonds is 0. The van der Waals surface area contributed by atoms with Crippen molar-refractivity contribution >= 4 is 0 Å². The molecule has 0 amide bonds. The standard InChI is InChI=1S/C10H17N/c11-10-8-6-4-2-1-3-5-7-9-10/h4,8,10H,1-3,5,7,9,11H2. The van der Waals surface area contributed by atoms with Gasteiger partial charge >= 0.3 is 0 Å². The average molecular weight is 151 g/mol. The van der Waals surface area contributed by atoms with Crippen LogP contribution in [0.15, 0.2) is 17.9 Å². The van der Waals surface area contributed by atoms with E-state index in [1.165, 1.54) is 32.1 Å². The van der Waals surface area contributed by atoms with Gasteiger partial charge in [0.1, 0.15) is 0 Å². The summed E-state index contributed by atoms with van der Waals surface area (Å²) in [5, 5.41) is 0. The molecule has 0 aromatic carbocycles. The van der Waals surface area contributed by atoms with Gasteiger partial charge in [-0.25, -0.2) is 0 Å². The molecule has 0 saturated heterocycles. The minimum Gasteiger partial charge on any atom is -0.324 e. The minimum atomic E-state index is 0.240. The predicted molar refractivity (Wildman–Crippen MR) is 48.3 cm³/mol. The van der Waals surface area contributed by atoms with Gasteiger partial charge in [0, 0.05) is 6.04 Å². The molecule has 1 nitrogen and oxygen atoms in total. The zero-order valence-corrected chi connectivity index (χ0v) is 7.05. The summed E-state index contributed by atoms with van der Waals surface area (Å²) in [4.78, 5) is 0. The monoisotopic (exact) mass is 151 g/mol. The van der Waals surface area contributed by atoms with Gasteiger partial charge in [0.05, 0.1) is 0 Å². The molecular formula is C10H17N. The summed E-state index contributed by atoms with van der Waals surface area (Å²) in [7, 11) is 0. The molecule has 0 saturated carbocycles. The summed E-state index contributed by atoms with van der Waals surface area (Å²) >= 11 is 0. The van der Waals surface area contributed by atoms with E-state index in [9.17, 15) is 0 Å². The van der Waals surface area contributed by atoms with Crippen molar-refractivity contribution in [3.63, 3.8) is 0 Å². The highest BCUT2D eigenvalue weighted by atomic mass is 14.6. The van der Waals surface area contributed by atoms with E-state index in [1.54, 1.807) is 0 Å². The summed E-state index contributed by atoms with van der Waals surface area (Å²) in [5.41, 5.74) is 8.92. The molecule has 0 spiro atoms. The Morgan fingerprint density at radius 2 is 2.00 bits per heavy atom. The van der Waals surface area contributed by atoms with Crippen LogP contribution < -0.4 is 5.73 Å². The third kappa shape index (κ3) is 4.02. The maximum atomic E-state index is 5.79. The molecule has 1 heteroatoms. The maximum absolute atomic E-state index is 5.79. The summed E-state index contributed by atoms with van der Waals surface area (Å²) in [5.74, 6) is 0. The van der Waals surface area contributed by atoms with Crippen LogP contribution in [0, 0.1) is 0 Å². The van der Waals surface area contributed by atoms with Gasteiger partial charge in [0.25, 0.3) is 0 Å². The van der Waals surface area contributed by atoms with Crippen molar-refractivity contribution in [2.24, 2.45) is 5.73 Å². The highest BCUT2D eigenvalue weighted by Crippen LogP contribution is 2.08. The Balaban J connectivity index is 2.40. The molecule has 11 heavy (non-hydrogen) atoms. The molecule has 1 rings (SSSR count). The van der Waals surface area contributed by atoms with Crippen LogP contribution in [0.4, 0.5) is 0 Å². The number of nitrogens with two attached hydrogens (primary N) is 1. The minimum absolute atomic E-state index is 0.240. The van der Waals surface area contributed by atoms with E-state index < -0.39 is 0 Å². The van der Waals surface area contributed by atoms with Crippen molar-refractivity contribution in [3.8, 4) is 0 Å². The fourth-order valence-electron chi connectivity index (χ4n) is 1.34. The smallest absolute Gasteiger partial charge is 0.0299 e. The Morgan fingerprint density at radius 1 is 1.18 bits per heavy atom. The van der Waals surface area contributed by atoms with E-state index in [1.807, 2.05) is 6.08 Å². The quantitative estimate of drug-likeness (QED) is 0.528. The van der Waals surface area contributed by atoms with Crippen LogP contribution in [0.25, 0.3) is 0 Å². The first kappa shape index (κ1) is 8.58. The summed E-state index contributed by atoms with van der Waals surface area (Å²) < 4.78 is 0. The van der Waals surface area contributed by atoms with Gasteiger partial charge < -0.3 is 5.73 Å². The molecule has 0 radical (unpaired) electrons. The third-order valence-corrected chi connectivity index (χ3v) is 2.06. The SMILES string of the molecule is NC1C=C=CCCCCCC1. The van der Waals surface area contributed by atoms with Gasteiger partial charge in [0.15, 0.2) is 0 Å². The van der Waals surface area contributed by atoms with Crippen molar-refractivity contribution in [2.45, 2.75) is 44.6 Å². The number of hydrogen-bond donors (Lipinski definition) is 1. The topological polar surface area (TPSA) is 26.0 Å². The highest BCUT2D eigenvalue weighted by Gasteiger charge is 1.97. The molecule has 1 aliphatic rings. The molecule has 1 unspecified atom stereocenters. The van der Waals surface area contributed by atoms with Crippen LogP contribution in [0.1, 0.15) is 38.5 Å². The van der Waals surface area contributed by atoms with E-state index in [0.29, 0.717) is 0 Å². The molecule has 0 aliphatic heterocycles. The first-order valence-electron chi connectivity index (χ1n) is 4.56. The molecule has 0 aromatic rings. The van der Waals surface area contributed by atoms with Gasteiger partial charge in [-0.05, 0) is 31.4 Å². The number of hydrogen-bond acceptors (Lipinski definition) is 1. The predicted octanol–water partition coefficient (Wildman–Crippen LogP) is 2.38. The second-order valence-corrected chi connectivity index (χ2v) is 3.19. The zero-order chi connectivity index (χ0) is 7.94. The third-order valence-electron chi connectivity index (χ3n) is 2.06. The van der Waals surface area contributed by atoms with Crippen LogP contribution in [0.3, 0.4) is 0 Å². The van der Waals surface area contributed by atoms with Gasteiger partial charge in [-0.2, -0.15) is 0 Å². The first-order chi connectivity index (χ1) is 5.39. The van der Waals surface area contributed by atoms with Crippen molar-refractivity contribution in [1.82, 2.24) is 0 Å². The fraction of sp³-hybridized carbons (Fsp3) is 0.700. The lowest BCUT2D eigenvalue weighted by molar-refractivity contribution is 0.587. The van der Waals surface area contributed by atoms with E-state index in [4.69, 9.17) is 5.73 Å². The fourth-order valence-corrected chi connectivity index (χ4v) is 1.34. The highest BCUT2D eigenvalue weighted by molar-refractivity contribution is 4.92. The molecular weight excluding hydrogens is 134 g/mol. The van der Waals surface area contributed by atoms with E-state index in [-0.39, 0.29) is 6.04 Å². The Morgan fingerprint density at radius 3 is 2.91 bits per heavy atom. The van der Waals surface area contributed by atoms with Crippen LogP contribution >= 0.6 is 0 Å². The van der Waals surface area contributed by atoms with Gasteiger partial charge in [-0.1, -0.05) is 19.3 Å². The molecule has 2 N–H and O–H groups in total. The second-order valence-electron chi connectivity index (χ2n) is 3.19. The average Bonchev–Trinajstić information content (AvgIpc) is 2.03. The van der Waals surface area contributed by atoms with Crippen LogP contribution in [0.5, 0.6) is 0 Å². The van der Waals surface area contributed by atoms with E-state index in [2.05, 4.69) is 11.8 Å². The Labute approximate surface area is 69.0 Å². The first-order valence-corrected chi connectivity index (χ1v) is 4.56. The van der Waals surface area contributed by atoms with E-state index >= 15 is 0 Å². The Bertz CT molecular complexity index is 154. The lowest BCUT2D eigenvalue weighted by Crippen LogP contribution is -2.15. The van der Waals surface area contributed by atoms with E-state index in [0.717, 1.165) is 6.42 Å².